The summed E-state index contributed by atoms with van der Waals surface area (Å²) in [5, 5.41) is 30.0. The van der Waals surface area contributed by atoms with Crippen molar-refractivity contribution in [1.29, 1.82) is 0 Å². The third-order valence-corrected chi connectivity index (χ3v) is 4.19. The van der Waals surface area contributed by atoms with E-state index in [4.69, 9.17) is 22.1 Å². The van der Waals surface area contributed by atoms with Gasteiger partial charge in [-0.3, -0.25) is 0 Å². The fraction of sp³-hybridized carbons (Fsp3) is 0.429. The lowest BCUT2D eigenvalue weighted by molar-refractivity contribution is -0.0229. The topological polar surface area (TPSA) is 98.6 Å². The Morgan fingerprint density at radius 2 is 2.14 bits per heavy atom. The van der Waals surface area contributed by atoms with E-state index in [-0.39, 0.29) is 6.61 Å². The number of aromatic amines is 1. The number of nitrogens with zero attached hydrogens (tertiary/aromatic N) is 1. The molecule has 7 heteroatoms. The van der Waals surface area contributed by atoms with Crippen molar-refractivity contribution in [2.75, 3.05) is 6.61 Å². The molecule has 4 atom stereocenters. The second kappa shape index (κ2) is 5.43. The molecule has 3 rings (SSSR count). The van der Waals surface area contributed by atoms with Crippen molar-refractivity contribution in [3.63, 3.8) is 0 Å². The maximum atomic E-state index is 10.1. The molecule has 0 radical (unpaired) electrons. The van der Waals surface area contributed by atoms with Crippen LogP contribution in [-0.2, 0) is 4.74 Å². The quantitative estimate of drug-likeness (QED) is 0.611. The van der Waals surface area contributed by atoms with Crippen LogP contribution in [0, 0.1) is 11.6 Å². The standard InChI is InChI=1S/C14H16N2O4S/c1-6-2-3-15-13-7(6)4-8(14(21)16-13)12-11(19)10(18)9(5-17)20-12/h2-4,9-12,17-19H,5H2,1H3,(H,15,16,21)/t9-,10?,11?,12+/m1/s1. The molecular weight excluding hydrogens is 292 g/mol. The number of aliphatic hydroxyl groups excluding tert-OH is 3. The average molecular weight is 308 g/mol. The zero-order valence-corrected chi connectivity index (χ0v) is 12.2. The number of hydrogen-bond donors (Lipinski definition) is 4. The Morgan fingerprint density at radius 3 is 2.81 bits per heavy atom. The van der Waals surface area contributed by atoms with Crippen molar-refractivity contribution < 1.29 is 20.1 Å². The third-order valence-electron chi connectivity index (χ3n) is 3.85. The van der Waals surface area contributed by atoms with Crippen molar-refractivity contribution in [3.8, 4) is 0 Å². The maximum Gasteiger partial charge on any atom is 0.138 e. The molecule has 1 aliphatic rings. The van der Waals surface area contributed by atoms with Crippen LogP contribution in [0.2, 0.25) is 0 Å². The summed E-state index contributed by atoms with van der Waals surface area (Å²) in [4.78, 5) is 7.23. The zero-order valence-electron chi connectivity index (χ0n) is 11.4. The van der Waals surface area contributed by atoms with Crippen LogP contribution in [-0.4, -0.2) is 50.2 Å². The van der Waals surface area contributed by atoms with Crippen LogP contribution in [0.3, 0.4) is 0 Å². The molecule has 2 aromatic heterocycles. The molecule has 2 unspecified atom stereocenters. The van der Waals surface area contributed by atoms with Crippen molar-refractivity contribution in [2.24, 2.45) is 0 Å². The molecule has 4 N–H and O–H groups in total. The number of aliphatic hydroxyl groups is 3. The van der Waals surface area contributed by atoms with E-state index in [0.717, 1.165) is 10.9 Å². The monoisotopic (exact) mass is 308 g/mol. The van der Waals surface area contributed by atoms with Crippen LogP contribution >= 0.6 is 12.2 Å². The van der Waals surface area contributed by atoms with Crippen LogP contribution < -0.4 is 0 Å². The lowest BCUT2D eigenvalue weighted by Gasteiger charge is -2.16. The van der Waals surface area contributed by atoms with Crippen molar-refractivity contribution in [1.82, 2.24) is 9.97 Å². The van der Waals surface area contributed by atoms with E-state index in [1.54, 1.807) is 6.20 Å². The van der Waals surface area contributed by atoms with Crippen LogP contribution in [0.15, 0.2) is 18.3 Å². The summed E-state index contributed by atoms with van der Waals surface area (Å²) < 4.78 is 5.93. The van der Waals surface area contributed by atoms with Gasteiger partial charge in [0.2, 0.25) is 0 Å². The Morgan fingerprint density at radius 1 is 1.38 bits per heavy atom. The molecule has 6 nitrogen and oxygen atoms in total. The van der Waals surface area contributed by atoms with Gasteiger partial charge >= 0.3 is 0 Å². The Bertz CT molecular complexity index is 732. The Kier molecular flexibility index (Phi) is 3.76. The summed E-state index contributed by atoms with van der Waals surface area (Å²) in [6.45, 7) is 1.58. The number of hydrogen-bond acceptors (Lipinski definition) is 6. The Labute approximate surface area is 126 Å². The van der Waals surface area contributed by atoms with Crippen LogP contribution in [0.1, 0.15) is 17.2 Å². The number of fused-ring (bicyclic) bond motifs is 1. The SMILES string of the molecule is Cc1ccnc2[nH]c(=S)c([C@@H]3O[C@H](CO)C(O)C3O)cc12. The second-order valence-corrected chi connectivity index (χ2v) is 5.61. The molecule has 1 aliphatic heterocycles. The molecule has 3 heterocycles. The summed E-state index contributed by atoms with van der Waals surface area (Å²) in [6.07, 6.45) is -2.17. The number of nitrogens with one attached hydrogen (secondary N) is 1. The van der Waals surface area contributed by atoms with Gasteiger partial charge in [0.1, 0.15) is 34.7 Å². The molecule has 0 saturated carbocycles. The molecule has 0 amide bonds. The first-order chi connectivity index (χ1) is 10.0. The summed E-state index contributed by atoms with van der Waals surface area (Å²) >= 11 is 5.30. The summed E-state index contributed by atoms with van der Waals surface area (Å²) in [5.74, 6) is 0. The third kappa shape index (κ3) is 2.37. The molecule has 1 saturated heterocycles. The predicted molar refractivity (Wildman–Crippen MR) is 78.4 cm³/mol. The summed E-state index contributed by atoms with van der Waals surface area (Å²) in [7, 11) is 0. The van der Waals surface area contributed by atoms with Crippen LogP contribution in [0.4, 0.5) is 0 Å². The largest absolute Gasteiger partial charge is 0.394 e. The van der Waals surface area contributed by atoms with Gasteiger partial charge in [0.15, 0.2) is 0 Å². The van der Waals surface area contributed by atoms with E-state index in [2.05, 4.69) is 9.97 Å². The normalized spacial score (nSPS) is 29.1. The van der Waals surface area contributed by atoms with Gasteiger partial charge in [0.25, 0.3) is 0 Å². The van der Waals surface area contributed by atoms with Gasteiger partial charge in [0.05, 0.1) is 6.61 Å². The van der Waals surface area contributed by atoms with E-state index in [9.17, 15) is 10.2 Å². The van der Waals surface area contributed by atoms with Crippen LogP contribution in [0.5, 0.6) is 0 Å². The molecule has 0 bridgehead atoms. The summed E-state index contributed by atoms with van der Waals surface area (Å²) in [6, 6.07) is 3.69. The fourth-order valence-electron chi connectivity index (χ4n) is 2.62. The molecule has 21 heavy (non-hydrogen) atoms. The summed E-state index contributed by atoms with van der Waals surface area (Å²) in [5.41, 5.74) is 2.26. The average Bonchev–Trinajstić information content (AvgIpc) is 2.75. The molecule has 112 valence electrons. The Balaban J connectivity index is 2.11. The van der Waals surface area contributed by atoms with E-state index >= 15 is 0 Å². The first kappa shape index (κ1) is 14.6. The van der Waals surface area contributed by atoms with E-state index in [1.165, 1.54) is 0 Å². The van der Waals surface area contributed by atoms with Crippen molar-refractivity contribution in [2.45, 2.75) is 31.3 Å². The number of aromatic nitrogens is 2. The predicted octanol–water partition coefficient (Wildman–Crippen LogP) is 0.755. The number of H-pyrrole nitrogens is 1. The molecule has 2 aromatic rings. The minimum atomic E-state index is -1.14. The smallest absolute Gasteiger partial charge is 0.138 e. The van der Waals surface area contributed by atoms with E-state index in [0.29, 0.717) is 15.9 Å². The van der Waals surface area contributed by atoms with Gasteiger partial charge in [-0.25, -0.2) is 4.98 Å². The number of aryl methyl sites for hydroxylation is 1. The molecular formula is C14H16N2O4S. The molecule has 0 aliphatic carbocycles. The van der Waals surface area contributed by atoms with Gasteiger partial charge < -0.3 is 25.0 Å². The van der Waals surface area contributed by atoms with Gasteiger partial charge in [-0.1, -0.05) is 12.2 Å². The molecule has 0 spiro atoms. The highest BCUT2D eigenvalue weighted by Gasteiger charge is 2.43. The lowest BCUT2D eigenvalue weighted by Crippen LogP contribution is -2.32. The highest BCUT2D eigenvalue weighted by molar-refractivity contribution is 7.71. The van der Waals surface area contributed by atoms with E-state index < -0.39 is 24.4 Å². The first-order valence-corrected chi connectivity index (χ1v) is 7.04. The van der Waals surface area contributed by atoms with Gasteiger partial charge in [-0.05, 0) is 24.6 Å². The number of pyridine rings is 2. The van der Waals surface area contributed by atoms with E-state index in [1.807, 2.05) is 19.1 Å². The minimum Gasteiger partial charge on any atom is -0.394 e. The maximum absolute atomic E-state index is 10.1. The number of ether oxygens (including phenoxy) is 1. The lowest BCUT2D eigenvalue weighted by atomic mass is 10.0. The number of rotatable bonds is 2. The minimum absolute atomic E-state index is 0.362. The fourth-order valence-corrected chi connectivity index (χ4v) is 2.89. The van der Waals surface area contributed by atoms with Crippen molar-refractivity contribution >= 4 is 23.3 Å². The second-order valence-electron chi connectivity index (χ2n) is 5.20. The molecule has 0 aromatic carbocycles. The van der Waals surface area contributed by atoms with Gasteiger partial charge in [0, 0.05) is 17.1 Å². The first-order valence-electron chi connectivity index (χ1n) is 6.64. The van der Waals surface area contributed by atoms with Gasteiger partial charge in [-0.2, -0.15) is 0 Å². The van der Waals surface area contributed by atoms with Crippen LogP contribution in [0.25, 0.3) is 11.0 Å². The van der Waals surface area contributed by atoms with Gasteiger partial charge in [-0.15, -0.1) is 0 Å². The molecule has 1 fully saturated rings. The zero-order chi connectivity index (χ0) is 15.1. The highest BCUT2D eigenvalue weighted by Crippen LogP contribution is 2.35. The highest BCUT2D eigenvalue weighted by atomic mass is 32.1. The van der Waals surface area contributed by atoms with Crippen molar-refractivity contribution in [3.05, 3.63) is 34.1 Å². The Hall–Kier alpha value is -1.38.